The molecule has 27 heavy (non-hydrogen) atoms. The fraction of sp³-hybridized carbons (Fsp3) is 0.263. The van der Waals surface area contributed by atoms with Gasteiger partial charge in [-0.05, 0) is 42.0 Å². The number of phenolic OH excluding ortho intramolecular Hbond substituents is 1. The largest absolute Gasteiger partial charge is 0.508 e. The molecule has 6 nitrogen and oxygen atoms in total. The van der Waals surface area contributed by atoms with Gasteiger partial charge in [0.15, 0.2) is 5.17 Å². The van der Waals surface area contributed by atoms with Crippen molar-refractivity contribution in [2.75, 3.05) is 6.54 Å². The van der Waals surface area contributed by atoms with E-state index in [2.05, 4.69) is 28.7 Å². The number of hydrogen-bond acceptors (Lipinski definition) is 7. The maximum Gasteiger partial charge on any atom is 0.267 e. The van der Waals surface area contributed by atoms with E-state index in [1.807, 2.05) is 6.07 Å². The monoisotopic (exact) mass is 400 g/mol. The Hall–Kier alpha value is -2.45. The highest BCUT2D eigenvalue weighted by atomic mass is 32.2. The van der Waals surface area contributed by atoms with Crippen LogP contribution in [-0.2, 0) is 11.2 Å². The highest BCUT2D eigenvalue weighted by Gasteiger charge is 2.33. The van der Waals surface area contributed by atoms with Crippen molar-refractivity contribution in [3.8, 4) is 5.75 Å². The number of carbonyl (C=O) groups excluding carboxylic acids is 1. The number of unbranched alkanes of at least 4 members (excludes halogenated alkanes) is 1. The van der Waals surface area contributed by atoms with Crippen LogP contribution in [-0.4, -0.2) is 37.8 Å². The zero-order valence-corrected chi connectivity index (χ0v) is 16.6. The van der Waals surface area contributed by atoms with Crippen molar-refractivity contribution < 1.29 is 9.90 Å². The highest BCUT2D eigenvalue weighted by Crippen LogP contribution is 2.35. The normalized spacial score (nSPS) is 17.2. The predicted octanol–water partition coefficient (Wildman–Crippen LogP) is 4.38. The van der Waals surface area contributed by atoms with Crippen LogP contribution in [0.1, 0.15) is 30.3 Å². The molecule has 0 aliphatic carbocycles. The summed E-state index contributed by atoms with van der Waals surface area (Å²) in [6, 6.07) is 6.77. The van der Waals surface area contributed by atoms with Crippen LogP contribution in [0.25, 0.3) is 6.08 Å². The molecule has 0 spiro atoms. The van der Waals surface area contributed by atoms with Gasteiger partial charge >= 0.3 is 0 Å². The van der Waals surface area contributed by atoms with E-state index < -0.39 is 0 Å². The van der Waals surface area contributed by atoms with Crippen LogP contribution in [0, 0.1) is 0 Å². The van der Waals surface area contributed by atoms with Crippen LogP contribution in [0.2, 0.25) is 0 Å². The van der Waals surface area contributed by atoms with Crippen molar-refractivity contribution in [3.63, 3.8) is 0 Å². The Morgan fingerprint density at radius 2 is 2.22 bits per heavy atom. The Labute approximate surface area is 166 Å². The number of hydrogen-bond donors (Lipinski definition) is 1. The Bertz CT molecular complexity index is 905. The van der Waals surface area contributed by atoms with Crippen molar-refractivity contribution >= 4 is 45.4 Å². The molecule has 0 unspecified atom stereocenters. The number of aryl methyl sites for hydroxylation is 1. The van der Waals surface area contributed by atoms with Crippen LogP contribution in [0.5, 0.6) is 5.75 Å². The van der Waals surface area contributed by atoms with E-state index in [-0.39, 0.29) is 11.7 Å². The summed E-state index contributed by atoms with van der Waals surface area (Å²) in [7, 11) is 0. The van der Waals surface area contributed by atoms with Gasteiger partial charge in [-0.1, -0.05) is 42.9 Å². The first-order valence-electron chi connectivity index (χ1n) is 8.63. The van der Waals surface area contributed by atoms with E-state index in [4.69, 9.17) is 0 Å². The zero-order valence-electron chi connectivity index (χ0n) is 15.0. The quantitative estimate of drug-likeness (QED) is 0.551. The van der Waals surface area contributed by atoms with Gasteiger partial charge in [0.1, 0.15) is 10.8 Å². The molecule has 2 aromatic rings. The molecule has 0 atom stereocenters. The lowest BCUT2D eigenvalue weighted by atomic mass is 10.2. The van der Waals surface area contributed by atoms with Crippen molar-refractivity contribution in [2.45, 2.75) is 26.2 Å². The van der Waals surface area contributed by atoms with E-state index in [0.29, 0.717) is 21.7 Å². The molecular weight excluding hydrogens is 380 g/mol. The second-order valence-corrected chi connectivity index (χ2v) is 7.94. The lowest BCUT2D eigenvalue weighted by Gasteiger charge is -2.11. The molecule has 1 saturated heterocycles. The molecule has 0 saturated carbocycles. The van der Waals surface area contributed by atoms with Gasteiger partial charge in [0, 0.05) is 13.0 Å². The molecule has 1 aliphatic rings. The van der Waals surface area contributed by atoms with Gasteiger partial charge in [0.25, 0.3) is 5.91 Å². The molecule has 3 rings (SSSR count). The molecule has 1 N–H and O–H groups in total. The summed E-state index contributed by atoms with van der Waals surface area (Å²) >= 11 is 2.74. The number of amidine groups is 1. The third-order valence-electron chi connectivity index (χ3n) is 3.76. The summed E-state index contributed by atoms with van der Waals surface area (Å²) in [6.45, 7) is 6.22. The number of amides is 1. The number of benzene rings is 1. The number of aromatic hydroxyl groups is 1. The van der Waals surface area contributed by atoms with Gasteiger partial charge < -0.3 is 5.11 Å². The molecule has 8 heteroatoms. The van der Waals surface area contributed by atoms with Crippen molar-refractivity contribution in [1.82, 2.24) is 15.1 Å². The van der Waals surface area contributed by atoms with Crippen LogP contribution in [0.4, 0.5) is 5.13 Å². The summed E-state index contributed by atoms with van der Waals surface area (Å²) in [5, 5.41) is 20.0. The predicted molar refractivity (Wildman–Crippen MR) is 111 cm³/mol. The van der Waals surface area contributed by atoms with Gasteiger partial charge in [0.2, 0.25) is 5.13 Å². The van der Waals surface area contributed by atoms with Gasteiger partial charge in [-0.2, -0.15) is 4.99 Å². The lowest BCUT2D eigenvalue weighted by molar-refractivity contribution is -0.121. The van der Waals surface area contributed by atoms with E-state index in [1.165, 1.54) is 23.1 Å². The number of aliphatic imine (C=N–C) groups is 1. The molecule has 0 bridgehead atoms. The molecule has 0 radical (unpaired) electrons. The first-order chi connectivity index (χ1) is 13.1. The van der Waals surface area contributed by atoms with E-state index in [9.17, 15) is 9.90 Å². The maximum atomic E-state index is 12.7. The minimum Gasteiger partial charge on any atom is -0.508 e. The van der Waals surface area contributed by atoms with Crippen LogP contribution < -0.4 is 0 Å². The molecular formula is C19H20N4O2S2. The fourth-order valence-corrected chi connectivity index (χ4v) is 4.25. The molecule has 1 amide bonds. The Morgan fingerprint density at radius 1 is 1.37 bits per heavy atom. The Kier molecular flexibility index (Phi) is 6.41. The molecule has 1 fully saturated rings. The number of nitrogens with zero attached hydrogens (tertiary/aromatic N) is 4. The average molecular weight is 401 g/mol. The molecule has 1 aliphatic heterocycles. The van der Waals surface area contributed by atoms with Crippen molar-refractivity contribution in [2.24, 2.45) is 4.99 Å². The molecule has 1 aromatic heterocycles. The van der Waals surface area contributed by atoms with E-state index in [0.717, 1.165) is 29.8 Å². The van der Waals surface area contributed by atoms with Gasteiger partial charge in [0.05, 0.1) is 4.91 Å². The number of phenols is 1. The number of rotatable bonds is 7. The van der Waals surface area contributed by atoms with E-state index in [1.54, 1.807) is 35.3 Å². The number of thioether (sulfide) groups is 1. The Morgan fingerprint density at radius 3 is 2.96 bits per heavy atom. The van der Waals surface area contributed by atoms with E-state index >= 15 is 0 Å². The second-order valence-electron chi connectivity index (χ2n) is 5.89. The van der Waals surface area contributed by atoms with Gasteiger partial charge in [-0.15, -0.1) is 16.8 Å². The molecule has 2 heterocycles. The SMILES string of the molecule is C=CCN1C(=O)/C(=C\c2cccc(O)c2)SC1=Nc1nnc(CCCC)s1. The van der Waals surface area contributed by atoms with Gasteiger partial charge in [-0.3, -0.25) is 9.69 Å². The number of aromatic nitrogens is 2. The summed E-state index contributed by atoms with van der Waals surface area (Å²) in [5.41, 5.74) is 0.753. The Balaban J connectivity index is 1.86. The van der Waals surface area contributed by atoms with Crippen molar-refractivity contribution in [1.29, 1.82) is 0 Å². The highest BCUT2D eigenvalue weighted by molar-refractivity contribution is 8.18. The topological polar surface area (TPSA) is 78.7 Å². The summed E-state index contributed by atoms with van der Waals surface area (Å²) in [6.07, 6.45) is 6.47. The maximum absolute atomic E-state index is 12.7. The number of carbonyl (C=O) groups is 1. The summed E-state index contributed by atoms with van der Waals surface area (Å²) < 4.78 is 0. The van der Waals surface area contributed by atoms with Crippen LogP contribution in [0.3, 0.4) is 0 Å². The van der Waals surface area contributed by atoms with Crippen LogP contribution >= 0.6 is 23.1 Å². The molecule has 140 valence electrons. The third-order valence-corrected chi connectivity index (χ3v) is 5.64. The standard InChI is InChI=1S/C19H20N4O2S2/c1-3-5-9-16-21-22-18(27-16)20-19-23(10-4-2)17(25)15(26-19)12-13-7-6-8-14(24)11-13/h4,6-8,11-12,24H,2-3,5,9-10H2,1H3/b15-12+,20-19?. The zero-order chi connectivity index (χ0) is 19.2. The lowest BCUT2D eigenvalue weighted by Crippen LogP contribution is -2.29. The summed E-state index contributed by atoms with van der Waals surface area (Å²) in [4.78, 5) is 19.4. The fourth-order valence-electron chi connectivity index (χ4n) is 2.45. The molecule has 1 aromatic carbocycles. The third kappa shape index (κ3) is 4.84. The average Bonchev–Trinajstić information content (AvgIpc) is 3.20. The minimum atomic E-state index is -0.141. The summed E-state index contributed by atoms with van der Waals surface area (Å²) in [5.74, 6) is 0.0165. The smallest absolute Gasteiger partial charge is 0.267 e. The first kappa shape index (κ1) is 19.3. The minimum absolute atomic E-state index is 0.141. The first-order valence-corrected chi connectivity index (χ1v) is 10.3. The van der Waals surface area contributed by atoms with Crippen molar-refractivity contribution in [3.05, 3.63) is 52.4 Å². The second kappa shape index (κ2) is 8.96. The van der Waals surface area contributed by atoms with Gasteiger partial charge in [-0.25, -0.2) is 0 Å². The van der Waals surface area contributed by atoms with Crippen LogP contribution in [0.15, 0.2) is 46.8 Å².